The van der Waals surface area contributed by atoms with Crippen LogP contribution in [0.3, 0.4) is 0 Å². The Labute approximate surface area is 224 Å². The molecule has 1 saturated carbocycles. The van der Waals surface area contributed by atoms with Gasteiger partial charge in [0.15, 0.2) is 0 Å². The molecule has 0 heterocycles. The molecule has 0 spiro atoms. The Morgan fingerprint density at radius 2 is 1.62 bits per heavy atom. The number of ether oxygens (including phenoxy) is 1. The summed E-state index contributed by atoms with van der Waals surface area (Å²) in [4.78, 5) is 30.4. The first-order valence-corrected chi connectivity index (χ1v) is 14.1. The van der Waals surface area contributed by atoms with Crippen LogP contribution >= 0.6 is 11.8 Å². The van der Waals surface area contributed by atoms with Crippen LogP contribution in [-0.4, -0.2) is 41.7 Å². The van der Waals surface area contributed by atoms with Gasteiger partial charge in [-0.1, -0.05) is 73.5 Å². The van der Waals surface area contributed by atoms with Crippen molar-refractivity contribution in [3.05, 3.63) is 96.1 Å². The van der Waals surface area contributed by atoms with Gasteiger partial charge in [-0.3, -0.25) is 9.59 Å². The van der Waals surface area contributed by atoms with E-state index < -0.39 is 6.04 Å². The number of nitrogens with one attached hydrogen (secondary N) is 1. The third-order valence-corrected chi connectivity index (χ3v) is 7.80. The van der Waals surface area contributed by atoms with E-state index in [0.717, 1.165) is 47.5 Å². The van der Waals surface area contributed by atoms with Gasteiger partial charge in [-0.2, -0.15) is 0 Å². The summed E-state index contributed by atoms with van der Waals surface area (Å²) in [6.45, 7) is 0.349. The minimum Gasteiger partial charge on any atom is -0.497 e. The molecule has 5 nitrogen and oxygen atoms in total. The van der Waals surface area contributed by atoms with Gasteiger partial charge in [0.05, 0.1) is 7.11 Å². The Balaban J connectivity index is 1.58. The molecule has 1 N–H and O–H groups in total. The van der Waals surface area contributed by atoms with Crippen molar-refractivity contribution < 1.29 is 14.3 Å². The Morgan fingerprint density at radius 3 is 2.32 bits per heavy atom. The maximum Gasteiger partial charge on any atom is 0.243 e. The molecular weight excluding hydrogens is 480 g/mol. The molecule has 4 rings (SSSR count). The SMILES string of the molecule is COc1cccc(CN(C(=O)CCSc2ccccc2)[C@@H](Cc2ccccc2)C(=O)NC2CCCC2)c1. The molecule has 0 unspecified atom stereocenters. The zero-order valence-corrected chi connectivity index (χ0v) is 22.3. The van der Waals surface area contributed by atoms with Crippen molar-refractivity contribution in [1.29, 1.82) is 0 Å². The highest BCUT2D eigenvalue weighted by Crippen LogP contribution is 2.23. The number of nitrogens with zero attached hydrogens (tertiary/aromatic N) is 1. The van der Waals surface area contributed by atoms with E-state index in [1.54, 1.807) is 23.8 Å². The fourth-order valence-electron chi connectivity index (χ4n) is 4.81. The summed E-state index contributed by atoms with van der Waals surface area (Å²) in [7, 11) is 1.64. The minimum absolute atomic E-state index is 0.0197. The molecule has 0 bridgehead atoms. The van der Waals surface area contributed by atoms with Crippen LogP contribution in [0.2, 0.25) is 0 Å². The highest BCUT2D eigenvalue weighted by atomic mass is 32.2. The van der Waals surface area contributed by atoms with Gasteiger partial charge in [0.1, 0.15) is 11.8 Å². The number of thioether (sulfide) groups is 1. The number of benzene rings is 3. The lowest BCUT2D eigenvalue weighted by Crippen LogP contribution is -2.52. The molecule has 0 radical (unpaired) electrons. The number of carbonyl (C=O) groups is 2. The topological polar surface area (TPSA) is 58.6 Å². The van der Waals surface area contributed by atoms with Gasteiger partial charge in [0.25, 0.3) is 0 Å². The minimum atomic E-state index is -0.594. The second-order valence-electron chi connectivity index (χ2n) is 9.48. The largest absolute Gasteiger partial charge is 0.497 e. The van der Waals surface area contributed by atoms with Gasteiger partial charge in [-0.05, 0) is 48.2 Å². The molecule has 6 heteroatoms. The first-order chi connectivity index (χ1) is 18.1. The highest BCUT2D eigenvalue weighted by Gasteiger charge is 2.32. The second-order valence-corrected chi connectivity index (χ2v) is 10.6. The first kappa shape index (κ1) is 26.8. The second kappa shape index (κ2) is 13.9. The normalized spacial score (nSPS) is 14.2. The average molecular weight is 517 g/mol. The molecule has 1 atom stereocenters. The Kier molecular flexibility index (Phi) is 10.1. The van der Waals surface area contributed by atoms with E-state index >= 15 is 0 Å². The summed E-state index contributed by atoms with van der Waals surface area (Å²) in [6.07, 6.45) is 5.10. The molecule has 2 amide bonds. The monoisotopic (exact) mass is 516 g/mol. The van der Waals surface area contributed by atoms with Crippen molar-refractivity contribution >= 4 is 23.6 Å². The molecule has 1 aliphatic carbocycles. The van der Waals surface area contributed by atoms with Crippen molar-refractivity contribution in [3.63, 3.8) is 0 Å². The number of rotatable bonds is 12. The van der Waals surface area contributed by atoms with Gasteiger partial charge >= 0.3 is 0 Å². The van der Waals surface area contributed by atoms with Gasteiger partial charge < -0.3 is 15.0 Å². The lowest BCUT2D eigenvalue weighted by atomic mass is 10.0. The number of carbonyl (C=O) groups excluding carboxylic acids is 2. The highest BCUT2D eigenvalue weighted by molar-refractivity contribution is 7.99. The molecule has 37 heavy (non-hydrogen) atoms. The van der Waals surface area contributed by atoms with E-state index in [-0.39, 0.29) is 17.9 Å². The summed E-state index contributed by atoms with van der Waals surface area (Å²) in [5, 5.41) is 3.26. The summed E-state index contributed by atoms with van der Waals surface area (Å²) in [5.41, 5.74) is 1.98. The third-order valence-electron chi connectivity index (χ3n) is 6.79. The molecule has 0 aromatic heterocycles. The number of amides is 2. The lowest BCUT2D eigenvalue weighted by molar-refractivity contribution is -0.141. The number of hydrogen-bond acceptors (Lipinski definition) is 4. The van der Waals surface area contributed by atoms with Crippen LogP contribution in [0.1, 0.15) is 43.2 Å². The summed E-state index contributed by atoms with van der Waals surface area (Å²) < 4.78 is 5.42. The Morgan fingerprint density at radius 1 is 0.946 bits per heavy atom. The Hall–Kier alpha value is -3.25. The fourth-order valence-corrected chi connectivity index (χ4v) is 5.67. The van der Waals surface area contributed by atoms with Crippen LogP contribution in [0.25, 0.3) is 0 Å². The van der Waals surface area contributed by atoms with E-state index in [0.29, 0.717) is 25.1 Å². The predicted octanol–water partition coefficient (Wildman–Crippen LogP) is 5.88. The molecule has 1 fully saturated rings. The first-order valence-electron chi connectivity index (χ1n) is 13.1. The summed E-state index contributed by atoms with van der Waals surface area (Å²) in [5.74, 6) is 1.30. The van der Waals surface area contributed by atoms with E-state index in [1.165, 1.54) is 0 Å². The standard InChI is InChI=1S/C31H36N2O3S/c1-36-27-16-10-13-25(21-27)23-33(30(34)19-20-37-28-17-6-3-7-18-28)29(22-24-11-4-2-5-12-24)31(35)32-26-14-8-9-15-26/h2-7,10-13,16-18,21,26,29H,8-9,14-15,19-20,22-23H2,1H3,(H,32,35)/t29-/m0/s1. The van der Waals surface area contributed by atoms with Gasteiger partial charge in [0, 0.05) is 36.1 Å². The summed E-state index contributed by atoms with van der Waals surface area (Å²) in [6, 6.07) is 27.4. The maximum absolute atomic E-state index is 13.8. The van der Waals surface area contributed by atoms with Crippen molar-refractivity contribution in [2.24, 2.45) is 0 Å². The van der Waals surface area contributed by atoms with Crippen molar-refractivity contribution in [3.8, 4) is 5.75 Å². The van der Waals surface area contributed by atoms with Crippen LogP contribution < -0.4 is 10.1 Å². The van der Waals surface area contributed by atoms with Gasteiger partial charge in [-0.25, -0.2) is 0 Å². The fraction of sp³-hybridized carbons (Fsp3) is 0.355. The molecule has 0 aliphatic heterocycles. The molecular formula is C31H36N2O3S. The molecule has 3 aromatic carbocycles. The van der Waals surface area contributed by atoms with Crippen molar-refractivity contribution in [2.75, 3.05) is 12.9 Å². The predicted molar refractivity (Wildman–Crippen MR) is 150 cm³/mol. The quantitative estimate of drug-likeness (QED) is 0.306. The van der Waals surface area contributed by atoms with Crippen LogP contribution in [-0.2, 0) is 22.6 Å². The zero-order chi connectivity index (χ0) is 25.9. The van der Waals surface area contributed by atoms with Crippen LogP contribution in [0.5, 0.6) is 5.75 Å². The van der Waals surface area contributed by atoms with Crippen molar-refractivity contribution in [2.45, 2.75) is 62.0 Å². The zero-order valence-electron chi connectivity index (χ0n) is 21.5. The average Bonchev–Trinajstić information content (AvgIpc) is 3.45. The van der Waals surface area contributed by atoms with Gasteiger partial charge in [-0.15, -0.1) is 11.8 Å². The smallest absolute Gasteiger partial charge is 0.243 e. The molecule has 3 aromatic rings. The summed E-state index contributed by atoms with van der Waals surface area (Å²) >= 11 is 1.66. The van der Waals surface area contributed by atoms with Crippen molar-refractivity contribution in [1.82, 2.24) is 10.2 Å². The maximum atomic E-state index is 13.8. The van der Waals surface area contributed by atoms with E-state index in [9.17, 15) is 9.59 Å². The molecule has 0 saturated heterocycles. The van der Waals surface area contributed by atoms with E-state index in [4.69, 9.17) is 4.74 Å². The number of hydrogen-bond donors (Lipinski definition) is 1. The third kappa shape index (κ3) is 8.12. The van der Waals surface area contributed by atoms with E-state index in [2.05, 4.69) is 17.4 Å². The van der Waals surface area contributed by atoms with E-state index in [1.807, 2.05) is 72.8 Å². The van der Waals surface area contributed by atoms with Crippen LogP contribution in [0.15, 0.2) is 89.8 Å². The molecule has 1 aliphatic rings. The van der Waals surface area contributed by atoms with Crippen LogP contribution in [0.4, 0.5) is 0 Å². The molecule has 194 valence electrons. The number of methoxy groups -OCH3 is 1. The Bertz CT molecular complexity index is 1130. The lowest BCUT2D eigenvalue weighted by Gasteiger charge is -2.32. The van der Waals surface area contributed by atoms with Gasteiger partial charge in [0.2, 0.25) is 11.8 Å². The van der Waals surface area contributed by atoms with Crippen LogP contribution in [0, 0.1) is 0 Å².